The van der Waals surface area contributed by atoms with Crippen LogP contribution in [0.15, 0.2) is 48.5 Å². The van der Waals surface area contributed by atoms with Crippen molar-refractivity contribution in [3.63, 3.8) is 0 Å². The van der Waals surface area contributed by atoms with Crippen molar-refractivity contribution in [1.82, 2.24) is 10.2 Å². The van der Waals surface area contributed by atoms with Crippen LogP contribution in [0.2, 0.25) is 0 Å². The molecule has 1 N–H and O–H groups in total. The van der Waals surface area contributed by atoms with Gasteiger partial charge in [-0.15, -0.1) is 0 Å². The van der Waals surface area contributed by atoms with Gasteiger partial charge in [-0.25, -0.2) is 4.79 Å². The Kier molecular flexibility index (Phi) is 6.76. The number of amides is 2. The first kappa shape index (κ1) is 20.0. The Bertz CT molecular complexity index is 753. The molecule has 1 heterocycles. The van der Waals surface area contributed by atoms with E-state index >= 15 is 0 Å². The summed E-state index contributed by atoms with van der Waals surface area (Å²) in [4.78, 5) is 18.5. The second kappa shape index (κ2) is 9.46. The minimum atomic E-state index is -0.0751. The number of ether oxygens (including phenoxy) is 1. The molecule has 0 atom stereocenters. The van der Waals surface area contributed by atoms with Gasteiger partial charge in [0.25, 0.3) is 0 Å². The molecule has 0 aromatic heterocycles. The standard InChI is InChI=1S/C22H30N4O2/c1-24(2)20-8-6-19(7-9-20)17-25(3)22(27)23-16-18-4-10-21(11-5-18)26-12-14-28-15-13-26/h4-11H,12-17H2,1-3H3,(H,23,27). The van der Waals surface area contributed by atoms with E-state index in [0.29, 0.717) is 13.1 Å². The molecule has 1 aliphatic rings. The van der Waals surface area contributed by atoms with Crippen molar-refractivity contribution in [3.8, 4) is 0 Å². The molecule has 2 amide bonds. The van der Waals surface area contributed by atoms with Crippen LogP contribution >= 0.6 is 0 Å². The highest BCUT2D eigenvalue weighted by atomic mass is 16.5. The minimum absolute atomic E-state index is 0.0751. The highest BCUT2D eigenvalue weighted by Crippen LogP contribution is 2.17. The van der Waals surface area contributed by atoms with Gasteiger partial charge in [-0.1, -0.05) is 24.3 Å². The Hall–Kier alpha value is -2.73. The maximum atomic E-state index is 12.4. The fourth-order valence-electron chi connectivity index (χ4n) is 3.20. The fourth-order valence-corrected chi connectivity index (χ4v) is 3.20. The van der Waals surface area contributed by atoms with E-state index in [4.69, 9.17) is 4.74 Å². The van der Waals surface area contributed by atoms with Crippen molar-refractivity contribution in [3.05, 3.63) is 59.7 Å². The first-order valence-electron chi connectivity index (χ1n) is 9.70. The van der Waals surface area contributed by atoms with Crippen molar-refractivity contribution in [2.75, 3.05) is 57.2 Å². The largest absolute Gasteiger partial charge is 0.378 e. The number of hydrogen-bond donors (Lipinski definition) is 1. The average molecular weight is 383 g/mol. The second-order valence-corrected chi connectivity index (χ2v) is 7.34. The van der Waals surface area contributed by atoms with Gasteiger partial charge in [-0.3, -0.25) is 0 Å². The number of carbonyl (C=O) groups excluding carboxylic acids is 1. The van der Waals surface area contributed by atoms with Gasteiger partial charge in [0.15, 0.2) is 0 Å². The van der Waals surface area contributed by atoms with Gasteiger partial charge in [0.2, 0.25) is 0 Å². The van der Waals surface area contributed by atoms with E-state index in [9.17, 15) is 4.79 Å². The normalized spacial score (nSPS) is 13.9. The molecule has 150 valence electrons. The van der Waals surface area contributed by atoms with Gasteiger partial charge in [0, 0.05) is 58.7 Å². The lowest BCUT2D eigenvalue weighted by Gasteiger charge is -2.29. The molecule has 3 rings (SSSR count). The van der Waals surface area contributed by atoms with Crippen LogP contribution in [0.3, 0.4) is 0 Å². The molecule has 1 saturated heterocycles. The van der Waals surface area contributed by atoms with Gasteiger partial charge in [0.1, 0.15) is 0 Å². The monoisotopic (exact) mass is 382 g/mol. The first-order valence-corrected chi connectivity index (χ1v) is 9.70. The molecule has 0 aliphatic carbocycles. The Balaban J connectivity index is 1.47. The number of rotatable bonds is 6. The summed E-state index contributed by atoms with van der Waals surface area (Å²) in [6.07, 6.45) is 0. The maximum absolute atomic E-state index is 12.4. The zero-order valence-electron chi connectivity index (χ0n) is 17.0. The van der Waals surface area contributed by atoms with E-state index in [1.54, 1.807) is 4.90 Å². The van der Waals surface area contributed by atoms with Gasteiger partial charge >= 0.3 is 6.03 Å². The Labute approximate surface area is 167 Å². The summed E-state index contributed by atoms with van der Waals surface area (Å²) < 4.78 is 5.40. The second-order valence-electron chi connectivity index (χ2n) is 7.34. The van der Waals surface area contributed by atoms with Crippen molar-refractivity contribution < 1.29 is 9.53 Å². The summed E-state index contributed by atoms with van der Waals surface area (Å²) in [5.41, 5.74) is 4.56. The number of carbonyl (C=O) groups is 1. The molecule has 28 heavy (non-hydrogen) atoms. The molecule has 6 nitrogen and oxygen atoms in total. The number of nitrogens with zero attached hydrogens (tertiary/aromatic N) is 3. The third-order valence-corrected chi connectivity index (χ3v) is 4.98. The molecular formula is C22H30N4O2. The molecule has 2 aromatic rings. The van der Waals surface area contributed by atoms with Gasteiger partial charge in [-0.05, 0) is 35.4 Å². The van der Waals surface area contributed by atoms with Gasteiger partial charge in [-0.2, -0.15) is 0 Å². The minimum Gasteiger partial charge on any atom is -0.378 e. The van der Waals surface area contributed by atoms with E-state index in [1.807, 2.05) is 21.1 Å². The van der Waals surface area contributed by atoms with Crippen LogP contribution in [0.25, 0.3) is 0 Å². The number of nitrogens with one attached hydrogen (secondary N) is 1. The highest BCUT2D eigenvalue weighted by molar-refractivity contribution is 5.73. The highest BCUT2D eigenvalue weighted by Gasteiger charge is 2.12. The molecule has 0 bridgehead atoms. The Morgan fingerprint density at radius 2 is 1.57 bits per heavy atom. The van der Waals surface area contributed by atoms with Crippen LogP contribution in [-0.4, -0.2) is 58.4 Å². The van der Waals surface area contributed by atoms with Gasteiger partial charge < -0.3 is 24.8 Å². The molecule has 0 radical (unpaired) electrons. The fraction of sp³-hybridized carbons (Fsp3) is 0.409. The molecule has 1 fully saturated rings. The predicted molar refractivity (Wildman–Crippen MR) is 114 cm³/mol. The summed E-state index contributed by atoms with van der Waals surface area (Å²) in [5.74, 6) is 0. The van der Waals surface area contributed by atoms with E-state index in [1.165, 1.54) is 5.69 Å². The molecule has 0 spiro atoms. The zero-order chi connectivity index (χ0) is 19.9. The molecule has 6 heteroatoms. The summed E-state index contributed by atoms with van der Waals surface area (Å²) >= 11 is 0. The molecule has 0 saturated carbocycles. The van der Waals surface area contributed by atoms with Crippen LogP contribution < -0.4 is 15.1 Å². The number of morpholine rings is 1. The molecule has 2 aromatic carbocycles. The Morgan fingerprint density at radius 1 is 0.964 bits per heavy atom. The number of urea groups is 1. The molecule has 0 unspecified atom stereocenters. The van der Waals surface area contributed by atoms with Crippen molar-refractivity contribution in [1.29, 1.82) is 0 Å². The lowest BCUT2D eigenvalue weighted by Crippen LogP contribution is -2.36. The van der Waals surface area contributed by atoms with Crippen LogP contribution in [0.5, 0.6) is 0 Å². The lowest BCUT2D eigenvalue weighted by atomic mass is 10.2. The summed E-state index contributed by atoms with van der Waals surface area (Å²) in [6, 6.07) is 16.6. The van der Waals surface area contributed by atoms with E-state index in [2.05, 4.69) is 63.6 Å². The van der Waals surface area contributed by atoms with Gasteiger partial charge in [0.05, 0.1) is 13.2 Å². The Morgan fingerprint density at radius 3 is 2.18 bits per heavy atom. The molecular weight excluding hydrogens is 352 g/mol. The number of hydrogen-bond acceptors (Lipinski definition) is 4. The number of anilines is 2. The van der Waals surface area contributed by atoms with Crippen molar-refractivity contribution in [2.24, 2.45) is 0 Å². The summed E-state index contributed by atoms with van der Waals surface area (Å²) in [7, 11) is 5.85. The third kappa shape index (κ3) is 5.39. The van der Waals surface area contributed by atoms with Crippen molar-refractivity contribution in [2.45, 2.75) is 13.1 Å². The first-order chi connectivity index (χ1) is 13.5. The SMILES string of the molecule is CN(Cc1ccc(N(C)C)cc1)C(=O)NCc1ccc(N2CCOCC2)cc1. The van der Waals surface area contributed by atoms with Crippen LogP contribution in [0.4, 0.5) is 16.2 Å². The smallest absolute Gasteiger partial charge is 0.317 e. The quantitative estimate of drug-likeness (QED) is 0.835. The molecule has 1 aliphatic heterocycles. The van der Waals surface area contributed by atoms with Crippen LogP contribution in [0.1, 0.15) is 11.1 Å². The maximum Gasteiger partial charge on any atom is 0.317 e. The van der Waals surface area contributed by atoms with Crippen LogP contribution in [-0.2, 0) is 17.8 Å². The number of benzene rings is 2. The zero-order valence-corrected chi connectivity index (χ0v) is 17.0. The van der Waals surface area contributed by atoms with E-state index < -0.39 is 0 Å². The van der Waals surface area contributed by atoms with Crippen LogP contribution in [0, 0.1) is 0 Å². The van der Waals surface area contributed by atoms with E-state index in [-0.39, 0.29) is 6.03 Å². The predicted octanol–water partition coefficient (Wildman–Crippen LogP) is 2.93. The van der Waals surface area contributed by atoms with Crippen molar-refractivity contribution >= 4 is 17.4 Å². The lowest BCUT2D eigenvalue weighted by molar-refractivity contribution is 0.122. The summed E-state index contributed by atoms with van der Waals surface area (Å²) in [6.45, 7) is 4.51. The average Bonchev–Trinajstić information content (AvgIpc) is 2.73. The summed E-state index contributed by atoms with van der Waals surface area (Å²) in [5, 5.41) is 2.99. The topological polar surface area (TPSA) is 48.0 Å². The third-order valence-electron chi connectivity index (χ3n) is 4.98. The van der Waals surface area contributed by atoms with E-state index in [0.717, 1.165) is 43.1 Å².